The Balaban J connectivity index is 1.52. The zero-order chi connectivity index (χ0) is 19.5. The van der Waals surface area contributed by atoms with E-state index >= 15 is 0 Å². The van der Waals surface area contributed by atoms with Crippen LogP contribution >= 0.6 is 0 Å². The van der Waals surface area contributed by atoms with Crippen molar-refractivity contribution in [3.05, 3.63) is 76.6 Å². The molecule has 0 spiro atoms. The van der Waals surface area contributed by atoms with E-state index in [2.05, 4.69) is 15.4 Å². The summed E-state index contributed by atoms with van der Waals surface area (Å²) >= 11 is 0. The van der Waals surface area contributed by atoms with E-state index in [1.807, 2.05) is 44.2 Å². The maximum atomic E-state index is 13.2. The third-order valence-corrected chi connectivity index (χ3v) is 5.78. The van der Waals surface area contributed by atoms with Crippen LogP contribution in [0.2, 0.25) is 0 Å². The Morgan fingerprint density at radius 1 is 1.32 bits per heavy atom. The molecule has 3 aromatic rings. The molecule has 0 radical (unpaired) electrons. The van der Waals surface area contributed by atoms with Crippen LogP contribution in [0.25, 0.3) is 5.82 Å². The predicted octanol–water partition coefficient (Wildman–Crippen LogP) is 2.23. The summed E-state index contributed by atoms with van der Waals surface area (Å²) in [6.07, 6.45) is 6.15. The number of aromatic nitrogens is 4. The molecule has 0 saturated heterocycles. The van der Waals surface area contributed by atoms with Gasteiger partial charge in [-0.2, -0.15) is 9.83 Å². The fourth-order valence-corrected chi connectivity index (χ4v) is 4.22. The molecular weight excluding hydrogens is 354 g/mol. The minimum absolute atomic E-state index is 0.198. The van der Waals surface area contributed by atoms with Crippen molar-refractivity contribution in [1.29, 1.82) is 0 Å². The molecule has 1 amide bonds. The smallest absolute Gasteiger partial charge is 0.272 e. The molecule has 1 N–H and O–H groups in total. The molecule has 1 aromatic carbocycles. The summed E-state index contributed by atoms with van der Waals surface area (Å²) in [5.74, 6) is 1.24. The number of carbonyl (C=O) groups is 1. The van der Waals surface area contributed by atoms with Gasteiger partial charge in [-0.1, -0.05) is 30.3 Å². The van der Waals surface area contributed by atoms with Gasteiger partial charge in [-0.05, 0) is 38.2 Å². The van der Waals surface area contributed by atoms with Crippen LogP contribution in [0.4, 0.5) is 0 Å². The van der Waals surface area contributed by atoms with E-state index in [1.54, 1.807) is 4.68 Å². The molecule has 2 aromatic heterocycles. The Morgan fingerprint density at radius 3 is 2.86 bits per heavy atom. The largest absolute Gasteiger partial charge is 0.619 e. The quantitative estimate of drug-likeness (QED) is 0.560. The van der Waals surface area contributed by atoms with Crippen LogP contribution in [-0.4, -0.2) is 20.7 Å². The van der Waals surface area contributed by atoms with E-state index in [-0.39, 0.29) is 5.91 Å². The Morgan fingerprint density at radius 2 is 2.11 bits per heavy atom. The molecule has 7 heteroatoms. The first-order chi connectivity index (χ1) is 13.4. The summed E-state index contributed by atoms with van der Waals surface area (Å²) in [5, 5.41) is 19.4. The van der Waals surface area contributed by atoms with Gasteiger partial charge in [-0.25, -0.2) is 9.67 Å². The van der Waals surface area contributed by atoms with Crippen LogP contribution in [0, 0.1) is 11.1 Å². The minimum atomic E-state index is -0.528. The topological polar surface area (TPSA) is 86.8 Å². The lowest BCUT2D eigenvalue weighted by molar-refractivity contribution is -0.605. The average molecular weight is 375 g/mol. The second kappa shape index (κ2) is 5.89. The van der Waals surface area contributed by atoms with Crippen molar-refractivity contribution < 1.29 is 9.52 Å². The van der Waals surface area contributed by atoms with E-state index in [0.29, 0.717) is 28.1 Å². The highest BCUT2D eigenvalue weighted by molar-refractivity contribution is 5.95. The molecule has 2 atom stereocenters. The molecule has 1 fully saturated rings. The van der Waals surface area contributed by atoms with Crippen molar-refractivity contribution in [2.24, 2.45) is 5.92 Å². The Hall–Kier alpha value is -3.22. The van der Waals surface area contributed by atoms with E-state index < -0.39 is 5.54 Å². The fourth-order valence-electron chi connectivity index (χ4n) is 4.22. The maximum absolute atomic E-state index is 13.2. The van der Waals surface area contributed by atoms with Gasteiger partial charge in [0.05, 0.1) is 17.4 Å². The minimum Gasteiger partial charge on any atom is -0.619 e. The van der Waals surface area contributed by atoms with Gasteiger partial charge in [-0.3, -0.25) is 4.79 Å². The number of carbonyl (C=O) groups excluding carboxylic acids is 1. The van der Waals surface area contributed by atoms with Crippen molar-refractivity contribution in [2.75, 3.05) is 0 Å². The molecule has 0 unspecified atom stereocenters. The van der Waals surface area contributed by atoms with Gasteiger partial charge < -0.3 is 10.5 Å². The van der Waals surface area contributed by atoms with E-state index in [1.165, 1.54) is 18.6 Å². The van der Waals surface area contributed by atoms with Gasteiger partial charge >= 0.3 is 0 Å². The third kappa shape index (κ3) is 2.66. The number of nitrogens with one attached hydrogen (secondary N) is 1. The Labute approximate surface area is 162 Å². The number of fused-ring (bicyclic) bond motifs is 3. The predicted molar refractivity (Wildman–Crippen MR) is 102 cm³/mol. The number of amides is 1. The summed E-state index contributed by atoms with van der Waals surface area (Å²) in [6, 6.07) is 9.88. The standard InChI is InChI=1S/C21H21N5O2/c1-21(2,14-6-4-3-5-7-14)23-20(27)18-16-11-13-10-15(13)19(16)26(24-18)17-12-25(28)9-8-22-17/h3-9,12-13,15H,10-11H2,1-2H3,(H,23,27)/t13-,15-/m0/s1. The van der Waals surface area contributed by atoms with Gasteiger partial charge in [0.25, 0.3) is 5.91 Å². The SMILES string of the molecule is CC(C)(NC(=O)c1nn(-c2c[n+]([O-])ccn2)c2c1C[C@@H]1C[C@H]21)c1ccccc1. The number of hydrogen-bond acceptors (Lipinski definition) is 4. The molecule has 2 heterocycles. The molecule has 2 aliphatic rings. The highest BCUT2D eigenvalue weighted by Gasteiger charge is 2.50. The second-order valence-corrected chi connectivity index (χ2v) is 8.15. The van der Waals surface area contributed by atoms with Gasteiger partial charge in [0, 0.05) is 11.5 Å². The zero-order valence-electron chi connectivity index (χ0n) is 15.8. The van der Waals surface area contributed by atoms with E-state index in [4.69, 9.17) is 0 Å². The van der Waals surface area contributed by atoms with Crippen molar-refractivity contribution >= 4 is 5.91 Å². The molecule has 0 bridgehead atoms. The van der Waals surface area contributed by atoms with Crippen molar-refractivity contribution in [3.63, 3.8) is 0 Å². The van der Waals surface area contributed by atoms with Crippen LogP contribution in [0.5, 0.6) is 0 Å². The summed E-state index contributed by atoms with van der Waals surface area (Å²) in [5.41, 5.74) is 2.96. The number of rotatable bonds is 4. The first-order valence-electron chi connectivity index (χ1n) is 9.49. The molecule has 0 aliphatic heterocycles. The molecule has 2 aliphatic carbocycles. The summed E-state index contributed by atoms with van der Waals surface area (Å²) < 4.78 is 2.39. The van der Waals surface area contributed by atoms with E-state index in [9.17, 15) is 10.0 Å². The number of benzene rings is 1. The van der Waals surface area contributed by atoms with Gasteiger partial charge in [0.1, 0.15) is 0 Å². The van der Waals surface area contributed by atoms with Crippen molar-refractivity contribution in [3.8, 4) is 5.82 Å². The van der Waals surface area contributed by atoms with Gasteiger partial charge in [0.15, 0.2) is 11.9 Å². The van der Waals surface area contributed by atoms with E-state index in [0.717, 1.165) is 29.7 Å². The third-order valence-electron chi connectivity index (χ3n) is 5.78. The van der Waals surface area contributed by atoms with Crippen molar-refractivity contribution in [2.45, 2.75) is 38.1 Å². The number of hydrogen-bond donors (Lipinski definition) is 1. The lowest BCUT2D eigenvalue weighted by Gasteiger charge is -2.26. The lowest BCUT2D eigenvalue weighted by atomic mass is 9.94. The molecule has 28 heavy (non-hydrogen) atoms. The van der Waals surface area contributed by atoms with Crippen molar-refractivity contribution in [1.82, 2.24) is 20.1 Å². The fraction of sp³-hybridized carbons (Fsp3) is 0.333. The normalized spacial score (nSPS) is 19.8. The Kier molecular flexibility index (Phi) is 3.56. The molecule has 142 valence electrons. The zero-order valence-corrected chi connectivity index (χ0v) is 15.8. The Bertz CT molecular complexity index is 1070. The maximum Gasteiger partial charge on any atom is 0.272 e. The highest BCUT2D eigenvalue weighted by Crippen LogP contribution is 2.57. The molecular formula is C21H21N5O2. The molecule has 5 rings (SSSR count). The van der Waals surface area contributed by atoms with Crippen LogP contribution in [0.15, 0.2) is 48.9 Å². The van der Waals surface area contributed by atoms with Crippen LogP contribution in [0.3, 0.4) is 0 Å². The first kappa shape index (κ1) is 16.9. The summed E-state index contributed by atoms with van der Waals surface area (Å²) in [7, 11) is 0. The summed E-state index contributed by atoms with van der Waals surface area (Å²) in [4.78, 5) is 17.4. The van der Waals surface area contributed by atoms with Crippen LogP contribution in [0.1, 0.15) is 53.5 Å². The highest BCUT2D eigenvalue weighted by atomic mass is 16.5. The first-order valence-corrected chi connectivity index (χ1v) is 9.49. The van der Waals surface area contributed by atoms with Gasteiger partial charge in [-0.15, -0.1) is 0 Å². The van der Waals surface area contributed by atoms with Crippen LogP contribution < -0.4 is 10.0 Å². The van der Waals surface area contributed by atoms with Crippen LogP contribution in [-0.2, 0) is 12.0 Å². The lowest BCUT2D eigenvalue weighted by Crippen LogP contribution is -2.41. The summed E-state index contributed by atoms with van der Waals surface area (Å²) in [6.45, 7) is 3.96. The molecule has 7 nitrogen and oxygen atoms in total. The van der Waals surface area contributed by atoms with Gasteiger partial charge in [0.2, 0.25) is 12.0 Å². The number of nitrogens with zero attached hydrogens (tertiary/aromatic N) is 4. The monoisotopic (exact) mass is 375 g/mol. The average Bonchev–Trinajstić information content (AvgIpc) is 3.17. The molecule has 1 saturated carbocycles. The second-order valence-electron chi connectivity index (χ2n) is 8.15.